The van der Waals surface area contributed by atoms with E-state index < -0.39 is 0 Å². The van der Waals surface area contributed by atoms with Crippen LogP contribution in [0.3, 0.4) is 0 Å². The van der Waals surface area contributed by atoms with Crippen molar-refractivity contribution in [3.05, 3.63) is 34.4 Å². The van der Waals surface area contributed by atoms with E-state index in [4.69, 9.17) is 16.3 Å². The minimum Gasteiger partial charge on any atom is -0.485 e. The Morgan fingerprint density at radius 3 is 3.00 bits per heavy atom. The van der Waals surface area contributed by atoms with Crippen LogP contribution in [0.2, 0.25) is 5.02 Å². The van der Waals surface area contributed by atoms with Crippen molar-refractivity contribution in [2.24, 2.45) is 0 Å². The lowest BCUT2D eigenvalue weighted by molar-refractivity contribution is -0.105. The fourth-order valence-electron chi connectivity index (χ4n) is 1.42. The molecule has 0 unspecified atom stereocenters. The number of rotatable bonds is 1. The van der Waals surface area contributed by atoms with Crippen LogP contribution in [0.5, 0.6) is 5.75 Å². The fourth-order valence-corrected chi connectivity index (χ4v) is 1.61. The first-order valence-electron chi connectivity index (χ1n) is 4.33. The number of hydrogen-bond acceptors (Lipinski definition) is 2. The lowest BCUT2D eigenvalue weighted by Crippen LogP contribution is -2.19. The van der Waals surface area contributed by atoms with Gasteiger partial charge in [-0.2, -0.15) is 0 Å². The van der Waals surface area contributed by atoms with Gasteiger partial charge in [-0.25, -0.2) is 0 Å². The average Bonchev–Trinajstić information content (AvgIpc) is 2.17. The van der Waals surface area contributed by atoms with Crippen molar-refractivity contribution in [2.75, 3.05) is 0 Å². The van der Waals surface area contributed by atoms with Crippen LogP contribution in [0, 0.1) is 0 Å². The predicted molar refractivity (Wildman–Crippen MR) is 55.6 cm³/mol. The van der Waals surface area contributed by atoms with Crippen LogP contribution in [-0.4, -0.2) is 12.4 Å². The molecule has 1 atom stereocenters. The molecule has 0 saturated carbocycles. The molecular formula is C11H9ClO2. The summed E-state index contributed by atoms with van der Waals surface area (Å²) >= 11 is 5.83. The number of ether oxygens (including phenoxy) is 1. The molecule has 0 bridgehead atoms. The quantitative estimate of drug-likeness (QED) is 0.664. The van der Waals surface area contributed by atoms with E-state index in [1.54, 1.807) is 12.1 Å². The van der Waals surface area contributed by atoms with Gasteiger partial charge in [0, 0.05) is 16.2 Å². The van der Waals surface area contributed by atoms with Gasteiger partial charge in [-0.3, -0.25) is 4.79 Å². The molecule has 72 valence electrons. The van der Waals surface area contributed by atoms with Crippen molar-refractivity contribution in [2.45, 2.75) is 13.0 Å². The van der Waals surface area contributed by atoms with E-state index in [0.717, 1.165) is 17.6 Å². The first-order valence-corrected chi connectivity index (χ1v) is 4.71. The minimum absolute atomic E-state index is 0.179. The predicted octanol–water partition coefficient (Wildman–Crippen LogP) is 2.70. The van der Waals surface area contributed by atoms with Gasteiger partial charge in [-0.15, -0.1) is 0 Å². The van der Waals surface area contributed by atoms with Gasteiger partial charge in [0.05, 0.1) is 0 Å². The molecule has 0 aliphatic carbocycles. The Bertz CT molecular complexity index is 410. The normalized spacial score (nSPS) is 19.3. The number of carbonyl (C=O) groups is 1. The van der Waals surface area contributed by atoms with Gasteiger partial charge in [0.25, 0.3) is 0 Å². The zero-order chi connectivity index (χ0) is 10.1. The summed E-state index contributed by atoms with van der Waals surface area (Å²) in [7, 11) is 0. The summed E-state index contributed by atoms with van der Waals surface area (Å²) in [6.45, 7) is 1.85. The third kappa shape index (κ3) is 1.53. The van der Waals surface area contributed by atoms with Crippen LogP contribution >= 0.6 is 11.6 Å². The second-order valence-electron chi connectivity index (χ2n) is 3.20. The highest BCUT2D eigenvalue weighted by molar-refractivity contribution is 6.30. The van der Waals surface area contributed by atoms with Gasteiger partial charge in [-0.05, 0) is 31.2 Å². The molecule has 2 nitrogen and oxygen atoms in total. The summed E-state index contributed by atoms with van der Waals surface area (Å²) in [5.74, 6) is 0.771. The molecule has 0 spiro atoms. The van der Waals surface area contributed by atoms with Crippen molar-refractivity contribution < 1.29 is 9.53 Å². The molecular weight excluding hydrogens is 200 g/mol. The number of fused-ring (bicyclic) bond motifs is 1. The summed E-state index contributed by atoms with van der Waals surface area (Å²) in [4.78, 5) is 10.7. The maximum Gasteiger partial charge on any atom is 0.149 e. The number of hydrogen-bond donors (Lipinski definition) is 0. The first-order chi connectivity index (χ1) is 6.70. The van der Waals surface area contributed by atoms with Gasteiger partial charge in [-0.1, -0.05) is 11.6 Å². The molecule has 3 heteroatoms. The Hall–Kier alpha value is -1.28. The molecule has 0 N–H and O–H groups in total. The Morgan fingerprint density at radius 2 is 2.29 bits per heavy atom. The fraction of sp³-hybridized carbons (Fsp3) is 0.182. The highest BCUT2D eigenvalue weighted by Gasteiger charge is 2.17. The summed E-state index contributed by atoms with van der Waals surface area (Å²) in [6, 6.07) is 5.37. The van der Waals surface area contributed by atoms with Crippen LogP contribution in [0.15, 0.2) is 23.8 Å². The molecule has 0 amide bonds. The van der Waals surface area contributed by atoms with E-state index in [9.17, 15) is 4.79 Å². The highest BCUT2D eigenvalue weighted by atomic mass is 35.5. The molecule has 14 heavy (non-hydrogen) atoms. The number of carbonyl (C=O) groups excluding carboxylic acids is 1. The lowest BCUT2D eigenvalue weighted by atomic mass is 10.0. The number of aldehydes is 1. The van der Waals surface area contributed by atoms with Gasteiger partial charge in [0.2, 0.25) is 0 Å². The molecule has 0 saturated heterocycles. The Balaban J connectivity index is 2.51. The zero-order valence-corrected chi connectivity index (χ0v) is 8.41. The molecule has 1 aromatic rings. The van der Waals surface area contributed by atoms with E-state index in [1.165, 1.54) is 0 Å². The van der Waals surface area contributed by atoms with E-state index in [1.807, 2.05) is 19.1 Å². The monoisotopic (exact) mass is 208 g/mol. The largest absolute Gasteiger partial charge is 0.485 e. The van der Waals surface area contributed by atoms with Crippen LogP contribution in [0.4, 0.5) is 0 Å². The SMILES string of the molecule is C[C@H]1Oc2ccc(Cl)cc2C=C1C=O. The molecule has 1 aliphatic heterocycles. The zero-order valence-electron chi connectivity index (χ0n) is 7.66. The lowest BCUT2D eigenvalue weighted by Gasteiger charge is -2.21. The van der Waals surface area contributed by atoms with Crippen LogP contribution in [0.25, 0.3) is 6.08 Å². The summed E-state index contributed by atoms with van der Waals surface area (Å²) in [6.07, 6.45) is 2.44. The standard InChI is InChI=1S/C11H9ClO2/c1-7-9(6-13)4-8-5-10(12)2-3-11(8)14-7/h2-7H,1H3/t7-/m1/s1. The van der Waals surface area contributed by atoms with Crippen molar-refractivity contribution in [1.82, 2.24) is 0 Å². The Morgan fingerprint density at radius 1 is 1.50 bits per heavy atom. The van der Waals surface area contributed by atoms with Crippen LogP contribution < -0.4 is 4.74 Å². The summed E-state index contributed by atoms with van der Waals surface area (Å²) in [5, 5.41) is 0.642. The third-order valence-corrected chi connectivity index (χ3v) is 2.44. The average molecular weight is 209 g/mol. The Kier molecular flexibility index (Phi) is 2.30. The summed E-state index contributed by atoms with van der Waals surface area (Å²) in [5.41, 5.74) is 1.50. The number of benzene rings is 1. The molecule has 2 rings (SSSR count). The maximum absolute atomic E-state index is 10.7. The molecule has 1 aromatic carbocycles. The van der Waals surface area contributed by atoms with E-state index in [-0.39, 0.29) is 6.10 Å². The highest BCUT2D eigenvalue weighted by Crippen LogP contribution is 2.30. The smallest absolute Gasteiger partial charge is 0.149 e. The Labute approximate surface area is 87.1 Å². The molecule has 0 radical (unpaired) electrons. The molecule has 1 heterocycles. The van der Waals surface area contributed by atoms with E-state index in [2.05, 4.69) is 0 Å². The minimum atomic E-state index is -0.179. The maximum atomic E-state index is 10.7. The van der Waals surface area contributed by atoms with Crippen LogP contribution in [-0.2, 0) is 4.79 Å². The van der Waals surface area contributed by atoms with Crippen LogP contribution in [0.1, 0.15) is 12.5 Å². The van der Waals surface area contributed by atoms with Gasteiger partial charge < -0.3 is 4.74 Å². The second kappa shape index (κ2) is 3.46. The molecule has 1 aliphatic rings. The van der Waals surface area contributed by atoms with Gasteiger partial charge >= 0.3 is 0 Å². The summed E-state index contributed by atoms with van der Waals surface area (Å²) < 4.78 is 5.53. The van der Waals surface area contributed by atoms with Gasteiger partial charge in [0.15, 0.2) is 0 Å². The van der Waals surface area contributed by atoms with Gasteiger partial charge in [0.1, 0.15) is 18.1 Å². The van der Waals surface area contributed by atoms with E-state index >= 15 is 0 Å². The second-order valence-corrected chi connectivity index (χ2v) is 3.64. The molecule has 0 aromatic heterocycles. The third-order valence-electron chi connectivity index (χ3n) is 2.20. The van der Waals surface area contributed by atoms with E-state index in [0.29, 0.717) is 10.6 Å². The van der Waals surface area contributed by atoms with Crippen molar-refractivity contribution in [3.8, 4) is 5.75 Å². The first kappa shape index (κ1) is 9.28. The number of halogens is 1. The van der Waals surface area contributed by atoms with Crippen molar-refractivity contribution in [1.29, 1.82) is 0 Å². The van der Waals surface area contributed by atoms with Crippen molar-refractivity contribution in [3.63, 3.8) is 0 Å². The topological polar surface area (TPSA) is 26.3 Å². The van der Waals surface area contributed by atoms with Crippen molar-refractivity contribution >= 4 is 24.0 Å². The molecule has 0 fully saturated rings.